The third kappa shape index (κ3) is 3.34. The van der Waals surface area contributed by atoms with Gasteiger partial charge in [0.05, 0.1) is 5.69 Å². The van der Waals surface area contributed by atoms with Gasteiger partial charge in [0.15, 0.2) is 0 Å². The Balaban J connectivity index is 1.99. The topological polar surface area (TPSA) is 64.4 Å². The molecule has 0 unspecified atom stereocenters. The first-order valence-corrected chi connectivity index (χ1v) is 6.08. The Kier molecular flexibility index (Phi) is 4.02. The number of hydrogen-bond acceptors (Lipinski definition) is 4. The summed E-state index contributed by atoms with van der Waals surface area (Å²) >= 11 is 0. The van der Waals surface area contributed by atoms with E-state index in [4.69, 9.17) is 9.26 Å². The highest BCUT2D eigenvalue weighted by Crippen LogP contribution is 2.25. The molecule has 0 fully saturated rings. The van der Waals surface area contributed by atoms with E-state index < -0.39 is 18.2 Å². The highest BCUT2D eigenvalue weighted by molar-refractivity contribution is 5.84. The van der Waals surface area contributed by atoms with Crippen LogP contribution in [0.5, 0.6) is 5.75 Å². The average molecular weight is 278 g/mol. The molecule has 1 heterocycles. The number of halogens is 1. The van der Waals surface area contributed by atoms with Gasteiger partial charge in [0.2, 0.25) is 5.88 Å². The monoisotopic (exact) mass is 278 g/mol. The molecular weight excluding hydrogens is 263 g/mol. The summed E-state index contributed by atoms with van der Waals surface area (Å²) in [5.74, 6) is 0.524. The largest absolute Gasteiger partial charge is 0.419 e. The average Bonchev–Trinajstić information content (AvgIpc) is 2.89. The quantitative estimate of drug-likeness (QED) is 0.929. The molecule has 0 radical (unpaired) electrons. The minimum Gasteiger partial charge on any atom is -0.410 e. The van der Waals surface area contributed by atoms with Gasteiger partial charge in [-0.3, -0.25) is 9.71 Å². The van der Waals surface area contributed by atoms with E-state index >= 15 is 0 Å². The molecule has 5 nitrogen and oxygen atoms in total. The van der Waals surface area contributed by atoms with Crippen molar-refractivity contribution >= 4 is 12.0 Å². The molecular formula is C14H15FN2O3. The molecule has 1 aromatic heterocycles. The zero-order chi connectivity index (χ0) is 14.6. The SMILES string of the molecule is CC(C)(CF)c1cc(NC(=O)Oc2ccccc2)on1. The van der Waals surface area contributed by atoms with Gasteiger partial charge in [-0.1, -0.05) is 37.2 Å². The predicted octanol–water partition coefficient (Wildman–Crippen LogP) is 3.53. The van der Waals surface area contributed by atoms with E-state index in [2.05, 4.69) is 10.5 Å². The summed E-state index contributed by atoms with van der Waals surface area (Å²) in [6.07, 6.45) is -0.697. The van der Waals surface area contributed by atoms with Crippen molar-refractivity contribution in [2.75, 3.05) is 12.0 Å². The minimum atomic E-state index is -0.757. The molecule has 6 heteroatoms. The molecule has 0 bridgehead atoms. The number of nitrogens with one attached hydrogen (secondary N) is 1. The summed E-state index contributed by atoms with van der Waals surface area (Å²) in [5.41, 5.74) is -0.331. The minimum absolute atomic E-state index is 0.113. The molecule has 0 saturated carbocycles. The van der Waals surface area contributed by atoms with Crippen molar-refractivity contribution in [3.05, 3.63) is 42.1 Å². The lowest BCUT2D eigenvalue weighted by Gasteiger charge is -2.15. The van der Waals surface area contributed by atoms with Gasteiger partial charge >= 0.3 is 6.09 Å². The van der Waals surface area contributed by atoms with Gasteiger partial charge in [0, 0.05) is 11.5 Å². The van der Waals surface area contributed by atoms with E-state index in [1.165, 1.54) is 6.07 Å². The molecule has 2 aromatic rings. The number of alkyl halides is 1. The van der Waals surface area contributed by atoms with Crippen molar-refractivity contribution in [3.8, 4) is 5.75 Å². The molecule has 2 rings (SSSR count). The summed E-state index contributed by atoms with van der Waals surface area (Å²) in [4.78, 5) is 11.6. The molecule has 0 aliphatic carbocycles. The molecule has 0 aliphatic heterocycles. The van der Waals surface area contributed by atoms with Crippen LogP contribution in [0.15, 0.2) is 40.9 Å². The molecule has 1 amide bonds. The van der Waals surface area contributed by atoms with Crippen LogP contribution < -0.4 is 10.1 Å². The van der Waals surface area contributed by atoms with Gasteiger partial charge in [-0.15, -0.1) is 0 Å². The second-order valence-corrected chi connectivity index (χ2v) is 4.92. The van der Waals surface area contributed by atoms with Crippen LogP contribution in [0.4, 0.5) is 15.1 Å². The first-order valence-electron chi connectivity index (χ1n) is 6.08. The fourth-order valence-corrected chi connectivity index (χ4v) is 1.44. The van der Waals surface area contributed by atoms with E-state index in [0.717, 1.165) is 0 Å². The Hall–Kier alpha value is -2.37. The molecule has 1 aromatic carbocycles. The van der Waals surface area contributed by atoms with Gasteiger partial charge in [-0.2, -0.15) is 0 Å². The van der Waals surface area contributed by atoms with E-state index in [-0.39, 0.29) is 5.88 Å². The Labute approximate surface area is 115 Å². The van der Waals surface area contributed by atoms with E-state index in [0.29, 0.717) is 11.4 Å². The van der Waals surface area contributed by atoms with Crippen molar-refractivity contribution in [1.29, 1.82) is 0 Å². The number of nitrogens with zero attached hydrogens (tertiary/aromatic N) is 1. The highest BCUT2D eigenvalue weighted by atomic mass is 19.1. The standard InChI is InChI=1S/C14H15FN2O3/c1-14(2,9-15)11-8-12(20-17-11)16-13(18)19-10-6-4-3-5-7-10/h3-8H,9H2,1-2H3,(H,16,18). The zero-order valence-electron chi connectivity index (χ0n) is 11.2. The van der Waals surface area contributed by atoms with Crippen LogP contribution in [-0.2, 0) is 5.41 Å². The lowest BCUT2D eigenvalue weighted by atomic mass is 9.91. The van der Waals surface area contributed by atoms with Crippen molar-refractivity contribution in [2.24, 2.45) is 0 Å². The summed E-state index contributed by atoms with van der Waals surface area (Å²) in [6, 6.07) is 10.1. The number of para-hydroxylation sites is 1. The third-order valence-electron chi connectivity index (χ3n) is 2.72. The number of anilines is 1. The second kappa shape index (κ2) is 5.73. The van der Waals surface area contributed by atoms with E-state index in [1.54, 1.807) is 38.1 Å². The normalized spacial score (nSPS) is 11.2. The third-order valence-corrected chi connectivity index (χ3v) is 2.72. The number of carbonyl (C=O) groups excluding carboxylic acids is 1. The van der Waals surface area contributed by atoms with Crippen LogP contribution in [0.25, 0.3) is 0 Å². The fraction of sp³-hybridized carbons (Fsp3) is 0.286. The zero-order valence-corrected chi connectivity index (χ0v) is 11.2. The first kappa shape index (κ1) is 14.0. The Morgan fingerprint density at radius 3 is 2.75 bits per heavy atom. The number of rotatable bonds is 4. The van der Waals surface area contributed by atoms with Gasteiger partial charge in [0.1, 0.15) is 12.4 Å². The number of hydrogen-bond donors (Lipinski definition) is 1. The molecule has 20 heavy (non-hydrogen) atoms. The first-order chi connectivity index (χ1) is 9.51. The predicted molar refractivity (Wildman–Crippen MR) is 71.6 cm³/mol. The molecule has 0 saturated heterocycles. The Bertz CT molecular complexity index is 581. The molecule has 106 valence electrons. The lowest BCUT2D eigenvalue weighted by molar-refractivity contribution is 0.214. The van der Waals surface area contributed by atoms with Gasteiger partial charge in [-0.25, -0.2) is 4.79 Å². The van der Waals surface area contributed by atoms with E-state index in [9.17, 15) is 9.18 Å². The molecule has 1 N–H and O–H groups in total. The number of amides is 1. The molecule has 0 atom stereocenters. The van der Waals surface area contributed by atoms with Crippen LogP contribution in [0.1, 0.15) is 19.5 Å². The maximum atomic E-state index is 12.8. The summed E-state index contributed by atoms with van der Waals surface area (Å²) in [6.45, 7) is 2.81. The van der Waals surface area contributed by atoms with Gasteiger partial charge in [-0.05, 0) is 12.1 Å². The molecule has 0 spiro atoms. The van der Waals surface area contributed by atoms with Crippen molar-refractivity contribution in [3.63, 3.8) is 0 Å². The summed E-state index contributed by atoms with van der Waals surface area (Å²) in [5, 5.41) is 6.13. The number of aromatic nitrogens is 1. The van der Waals surface area contributed by atoms with Crippen LogP contribution in [0.2, 0.25) is 0 Å². The van der Waals surface area contributed by atoms with Crippen LogP contribution in [-0.4, -0.2) is 17.9 Å². The summed E-state index contributed by atoms with van der Waals surface area (Å²) < 4.78 is 22.8. The van der Waals surface area contributed by atoms with Crippen molar-refractivity contribution in [2.45, 2.75) is 19.3 Å². The van der Waals surface area contributed by atoms with Crippen molar-refractivity contribution < 1.29 is 18.4 Å². The van der Waals surface area contributed by atoms with Crippen LogP contribution in [0.3, 0.4) is 0 Å². The maximum absolute atomic E-state index is 12.8. The summed E-state index contributed by atoms with van der Waals surface area (Å²) in [7, 11) is 0. The lowest BCUT2D eigenvalue weighted by Crippen LogP contribution is -2.20. The smallest absolute Gasteiger partial charge is 0.410 e. The fourth-order valence-electron chi connectivity index (χ4n) is 1.44. The number of ether oxygens (including phenoxy) is 1. The van der Waals surface area contributed by atoms with Gasteiger partial charge < -0.3 is 9.26 Å². The molecule has 0 aliphatic rings. The second-order valence-electron chi connectivity index (χ2n) is 4.92. The van der Waals surface area contributed by atoms with Gasteiger partial charge in [0.25, 0.3) is 0 Å². The number of carbonyl (C=O) groups is 1. The Morgan fingerprint density at radius 2 is 2.10 bits per heavy atom. The Morgan fingerprint density at radius 1 is 1.40 bits per heavy atom. The van der Waals surface area contributed by atoms with Crippen LogP contribution >= 0.6 is 0 Å². The maximum Gasteiger partial charge on any atom is 0.419 e. The number of benzene rings is 1. The van der Waals surface area contributed by atoms with Crippen LogP contribution in [0, 0.1) is 0 Å². The highest BCUT2D eigenvalue weighted by Gasteiger charge is 2.25. The van der Waals surface area contributed by atoms with Crippen molar-refractivity contribution in [1.82, 2.24) is 5.16 Å². The van der Waals surface area contributed by atoms with E-state index in [1.807, 2.05) is 6.07 Å².